The van der Waals surface area contributed by atoms with Crippen LogP contribution in [0.3, 0.4) is 0 Å². The molecule has 1 aromatic carbocycles. The van der Waals surface area contributed by atoms with Gasteiger partial charge >= 0.3 is 0 Å². The fourth-order valence-corrected chi connectivity index (χ4v) is 1.99. The van der Waals surface area contributed by atoms with E-state index >= 15 is 0 Å². The normalized spacial score (nSPS) is 10.4. The Morgan fingerprint density at radius 2 is 2.33 bits per heavy atom. The lowest BCUT2D eigenvalue weighted by Gasteiger charge is -1.94. The molecule has 0 bridgehead atoms. The number of hydrogen-bond donors (Lipinski definition) is 1. The highest BCUT2D eigenvalue weighted by atomic mass is 32.1. The molecule has 4 heteroatoms. The van der Waals surface area contributed by atoms with E-state index in [9.17, 15) is 0 Å². The summed E-state index contributed by atoms with van der Waals surface area (Å²) in [5, 5.41) is 0.638. The van der Waals surface area contributed by atoms with Gasteiger partial charge in [0.2, 0.25) is 0 Å². The summed E-state index contributed by atoms with van der Waals surface area (Å²) in [6.07, 6.45) is 0. The lowest BCUT2D eigenvalue weighted by molar-refractivity contribution is 1.51. The third-order valence-electron chi connectivity index (χ3n) is 1.78. The summed E-state index contributed by atoms with van der Waals surface area (Å²) in [5.41, 5.74) is 7.78. The number of aromatic nitrogens is 1. The predicted octanol–water partition coefficient (Wildman–Crippen LogP) is 1.26. The van der Waals surface area contributed by atoms with Gasteiger partial charge in [-0.05, 0) is 6.07 Å². The average molecular weight is 175 g/mol. The molecule has 0 aliphatic heterocycles. The molecule has 0 fully saturated rings. The zero-order chi connectivity index (χ0) is 8.55. The van der Waals surface area contributed by atoms with E-state index in [0.717, 1.165) is 15.7 Å². The van der Waals surface area contributed by atoms with Gasteiger partial charge in [-0.15, -0.1) is 0 Å². The first-order valence-electron chi connectivity index (χ1n) is 3.75. The van der Waals surface area contributed by atoms with Gasteiger partial charge in [0.15, 0.2) is 12.4 Å². The highest BCUT2D eigenvalue weighted by Gasteiger charge is 2.03. The number of hydrogen-bond acceptors (Lipinski definition) is 3. The van der Waals surface area contributed by atoms with E-state index in [1.165, 1.54) is 11.3 Å². The van der Waals surface area contributed by atoms with Crippen molar-refractivity contribution in [2.75, 3.05) is 5.73 Å². The number of nitrogens with zero attached hydrogens (tertiary/aromatic N) is 1. The van der Waals surface area contributed by atoms with Crippen molar-refractivity contribution in [3.63, 3.8) is 0 Å². The molecule has 2 N–H and O–H groups in total. The Kier molecular flexibility index (Phi) is 1.77. The maximum Gasteiger partial charge on any atom is 0.181 e. The van der Waals surface area contributed by atoms with Gasteiger partial charge in [0.25, 0.3) is 0 Å². The molecule has 1 radical (unpaired) electrons. The lowest BCUT2D eigenvalue weighted by atomic mass is 9.73. The molecule has 0 saturated carbocycles. The summed E-state index contributed by atoms with van der Waals surface area (Å²) in [7, 11) is 2.04. The topological polar surface area (TPSA) is 38.9 Å². The Labute approximate surface area is 75.7 Å². The van der Waals surface area contributed by atoms with E-state index < -0.39 is 0 Å². The van der Waals surface area contributed by atoms with Crippen molar-refractivity contribution in [2.45, 2.75) is 6.82 Å². The zero-order valence-corrected chi connectivity index (χ0v) is 7.56. The highest BCUT2D eigenvalue weighted by molar-refractivity contribution is 7.22. The van der Waals surface area contributed by atoms with Crippen molar-refractivity contribution in [1.29, 1.82) is 0 Å². The average Bonchev–Trinajstić information content (AvgIpc) is 2.44. The molecule has 0 unspecified atom stereocenters. The number of para-hydroxylation sites is 1. The Hall–Kier alpha value is -1.03. The number of nitrogen functional groups attached to an aromatic ring is 1. The van der Waals surface area contributed by atoms with Crippen LogP contribution in [0.4, 0.5) is 5.13 Å². The Morgan fingerprint density at radius 3 is 3.08 bits per heavy atom. The van der Waals surface area contributed by atoms with Crippen LogP contribution >= 0.6 is 11.3 Å². The Balaban J connectivity index is 2.78. The molecule has 0 saturated heterocycles. The summed E-state index contributed by atoms with van der Waals surface area (Å²) < 4.78 is 1.16. The number of benzene rings is 1. The molecule has 0 aliphatic rings. The van der Waals surface area contributed by atoms with Crippen molar-refractivity contribution in [3.8, 4) is 0 Å². The molecule has 12 heavy (non-hydrogen) atoms. The third kappa shape index (κ3) is 1.08. The molecule has 2 aromatic rings. The molecule has 1 aromatic heterocycles. The second kappa shape index (κ2) is 2.79. The van der Waals surface area contributed by atoms with Crippen LogP contribution in [0.1, 0.15) is 0 Å². The van der Waals surface area contributed by atoms with Crippen molar-refractivity contribution < 1.29 is 0 Å². The highest BCUT2D eigenvalue weighted by Crippen LogP contribution is 2.21. The minimum atomic E-state index is 0.638. The van der Waals surface area contributed by atoms with Crippen LogP contribution in [-0.4, -0.2) is 12.3 Å². The molecule has 1 heterocycles. The first kappa shape index (κ1) is 7.62. The van der Waals surface area contributed by atoms with Crippen LogP contribution < -0.4 is 11.2 Å². The molecular weight excluding hydrogens is 167 g/mol. The first-order chi connectivity index (χ1) is 5.81. The van der Waals surface area contributed by atoms with Crippen LogP contribution in [0.25, 0.3) is 10.2 Å². The van der Waals surface area contributed by atoms with Crippen LogP contribution in [-0.2, 0) is 0 Å². The summed E-state index contributed by atoms with van der Waals surface area (Å²) in [6, 6.07) is 6.10. The van der Waals surface area contributed by atoms with Crippen molar-refractivity contribution in [2.24, 2.45) is 0 Å². The predicted molar refractivity (Wildman–Crippen MR) is 55.3 cm³/mol. The first-order valence-corrected chi connectivity index (χ1v) is 4.57. The number of fused-ring (bicyclic) bond motifs is 1. The molecular formula is C8H8BN2S. The van der Waals surface area contributed by atoms with Crippen molar-refractivity contribution in [1.82, 2.24) is 4.98 Å². The Bertz CT molecular complexity index is 410. The minimum Gasteiger partial charge on any atom is -0.375 e. The van der Waals surface area contributed by atoms with Gasteiger partial charge in [0, 0.05) is 0 Å². The maximum atomic E-state index is 5.61. The summed E-state index contributed by atoms with van der Waals surface area (Å²) >= 11 is 1.53. The van der Waals surface area contributed by atoms with E-state index in [1.54, 1.807) is 0 Å². The van der Waals surface area contributed by atoms with E-state index in [-0.39, 0.29) is 0 Å². The summed E-state index contributed by atoms with van der Waals surface area (Å²) in [5.74, 6) is 0. The summed E-state index contributed by atoms with van der Waals surface area (Å²) in [4.78, 5) is 4.25. The standard InChI is InChI=1S/C8H8BN2S/c1-9-5-3-2-4-6-7(5)11-8(10)12-6/h2-4H,1H3,(H2,10,11). The molecule has 2 rings (SSSR count). The molecule has 59 valence electrons. The Morgan fingerprint density at radius 1 is 1.50 bits per heavy atom. The molecule has 0 atom stereocenters. The van der Waals surface area contributed by atoms with Gasteiger partial charge in [-0.1, -0.05) is 35.8 Å². The molecule has 2 nitrogen and oxygen atoms in total. The van der Waals surface area contributed by atoms with Crippen LogP contribution in [0.2, 0.25) is 6.82 Å². The number of nitrogens with two attached hydrogens (primary N) is 1. The van der Waals surface area contributed by atoms with Crippen LogP contribution in [0.5, 0.6) is 0 Å². The summed E-state index contributed by atoms with van der Waals surface area (Å²) in [6.45, 7) is 2.00. The van der Waals surface area contributed by atoms with Crippen molar-refractivity contribution in [3.05, 3.63) is 18.2 Å². The van der Waals surface area contributed by atoms with Gasteiger partial charge in [0.1, 0.15) is 0 Å². The van der Waals surface area contributed by atoms with E-state index in [4.69, 9.17) is 5.73 Å². The SMILES string of the molecule is C[B]c1cccc2sc(N)nc12. The van der Waals surface area contributed by atoms with Gasteiger partial charge in [-0.25, -0.2) is 4.98 Å². The zero-order valence-electron chi connectivity index (χ0n) is 6.74. The lowest BCUT2D eigenvalue weighted by Crippen LogP contribution is -2.11. The smallest absolute Gasteiger partial charge is 0.181 e. The fraction of sp³-hybridized carbons (Fsp3) is 0.125. The number of anilines is 1. The number of rotatable bonds is 1. The third-order valence-corrected chi connectivity index (χ3v) is 2.63. The van der Waals surface area contributed by atoms with Gasteiger partial charge < -0.3 is 5.73 Å². The van der Waals surface area contributed by atoms with E-state index in [2.05, 4.69) is 4.98 Å². The van der Waals surface area contributed by atoms with Gasteiger partial charge in [-0.2, -0.15) is 0 Å². The second-order valence-electron chi connectivity index (χ2n) is 2.53. The van der Waals surface area contributed by atoms with Crippen LogP contribution in [0, 0.1) is 0 Å². The fourth-order valence-electron chi connectivity index (χ4n) is 1.22. The molecule has 0 spiro atoms. The monoisotopic (exact) mass is 175 g/mol. The maximum absolute atomic E-state index is 5.61. The van der Waals surface area contributed by atoms with Gasteiger partial charge in [-0.3, -0.25) is 0 Å². The molecule has 0 aliphatic carbocycles. The van der Waals surface area contributed by atoms with E-state index in [0.29, 0.717) is 5.13 Å². The quantitative estimate of drug-likeness (QED) is 0.662. The van der Waals surface area contributed by atoms with Gasteiger partial charge in [0.05, 0.1) is 10.2 Å². The van der Waals surface area contributed by atoms with E-state index in [1.807, 2.05) is 32.3 Å². The molecule has 0 amide bonds. The van der Waals surface area contributed by atoms with Crippen LogP contribution in [0.15, 0.2) is 18.2 Å². The minimum absolute atomic E-state index is 0.638. The second-order valence-corrected chi connectivity index (χ2v) is 3.60. The number of thiazole rings is 1. The van der Waals surface area contributed by atoms with Crippen molar-refractivity contribution >= 4 is 39.4 Å². The largest absolute Gasteiger partial charge is 0.375 e.